The van der Waals surface area contributed by atoms with Gasteiger partial charge in [-0.1, -0.05) is 11.6 Å². The van der Waals surface area contributed by atoms with Crippen LogP contribution >= 0.6 is 23.4 Å². The predicted octanol–water partition coefficient (Wildman–Crippen LogP) is 1.47. The first-order valence-electron chi connectivity index (χ1n) is 5.75. The first-order valence-corrected chi connectivity index (χ1v) is 7.29. The van der Waals surface area contributed by atoms with Gasteiger partial charge in [-0.25, -0.2) is 9.97 Å². The highest BCUT2D eigenvalue weighted by atomic mass is 35.5. The minimum absolute atomic E-state index is 0.0864. The van der Waals surface area contributed by atoms with Crippen LogP contribution in [0.4, 0.5) is 5.95 Å². The SMILES string of the molecule is Cc1cc(Cl)nc(NC(=O)CC2CSCCN2)n1. The van der Waals surface area contributed by atoms with Gasteiger partial charge in [-0.2, -0.15) is 11.8 Å². The quantitative estimate of drug-likeness (QED) is 0.824. The van der Waals surface area contributed by atoms with Crippen LogP contribution in [0.5, 0.6) is 0 Å². The number of rotatable bonds is 3. The largest absolute Gasteiger partial charge is 0.312 e. The Labute approximate surface area is 115 Å². The van der Waals surface area contributed by atoms with Gasteiger partial charge in [-0.05, 0) is 13.0 Å². The Morgan fingerprint density at radius 3 is 3.17 bits per heavy atom. The highest BCUT2D eigenvalue weighted by molar-refractivity contribution is 7.99. The monoisotopic (exact) mass is 286 g/mol. The Hall–Kier alpha value is -0.850. The second kappa shape index (κ2) is 6.36. The van der Waals surface area contributed by atoms with E-state index in [0.29, 0.717) is 11.6 Å². The molecule has 0 aliphatic carbocycles. The molecular formula is C11H15ClN4OS. The van der Waals surface area contributed by atoms with Crippen molar-refractivity contribution in [1.82, 2.24) is 15.3 Å². The van der Waals surface area contributed by atoms with Gasteiger partial charge in [0.15, 0.2) is 0 Å². The lowest BCUT2D eigenvalue weighted by Crippen LogP contribution is -2.40. The summed E-state index contributed by atoms with van der Waals surface area (Å²) in [7, 11) is 0. The van der Waals surface area contributed by atoms with E-state index in [0.717, 1.165) is 23.7 Å². The molecule has 2 rings (SSSR count). The van der Waals surface area contributed by atoms with Crippen LogP contribution in [0, 0.1) is 6.92 Å². The topological polar surface area (TPSA) is 66.9 Å². The third-order valence-electron chi connectivity index (χ3n) is 2.50. The van der Waals surface area contributed by atoms with Gasteiger partial charge in [0.2, 0.25) is 11.9 Å². The molecule has 18 heavy (non-hydrogen) atoms. The maximum absolute atomic E-state index is 11.8. The van der Waals surface area contributed by atoms with Crippen LogP contribution < -0.4 is 10.6 Å². The number of halogens is 1. The Morgan fingerprint density at radius 1 is 1.67 bits per heavy atom. The smallest absolute Gasteiger partial charge is 0.231 e. The van der Waals surface area contributed by atoms with Crippen molar-refractivity contribution in [1.29, 1.82) is 0 Å². The summed E-state index contributed by atoms with van der Waals surface area (Å²) in [5.74, 6) is 2.25. The van der Waals surface area contributed by atoms with Crippen molar-refractivity contribution in [2.45, 2.75) is 19.4 Å². The second-order valence-electron chi connectivity index (χ2n) is 4.13. The molecule has 1 fully saturated rings. The third kappa shape index (κ3) is 4.12. The van der Waals surface area contributed by atoms with Crippen LogP contribution in [0.2, 0.25) is 5.15 Å². The summed E-state index contributed by atoms with van der Waals surface area (Å²) in [4.78, 5) is 19.9. The molecule has 1 aromatic heterocycles. The molecule has 1 unspecified atom stereocenters. The molecule has 7 heteroatoms. The molecule has 2 N–H and O–H groups in total. The Kier molecular flexibility index (Phi) is 4.79. The fraction of sp³-hybridized carbons (Fsp3) is 0.545. The normalized spacial score (nSPS) is 19.6. The number of carbonyl (C=O) groups is 1. The molecule has 0 spiro atoms. The number of carbonyl (C=O) groups excluding carboxylic acids is 1. The molecule has 0 aromatic carbocycles. The third-order valence-corrected chi connectivity index (χ3v) is 3.83. The summed E-state index contributed by atoms with van der Waals surface area (Å²) in [6.07, 6.45) is 0.432. The molecule has 0 radical (unpaired) electrons. The van der Waals surface area contributed by atoms with E-state index in [-0.39, 0.29) is 17.9 Å². The van der Waals surface area contributed by atoms with Gasteiger partial charge in [0, 0.05) is 36.2 Å². The highest BCUT2D eigenvalue weighted by Crippen LogP contribution is 2.12. The van der Waals surface area contributed by atoms with Crippen LogP contribution in [0.15, 0.2) is 6.07 Å². The number of hydrogen-bond acceptors (Lipinski definition) is 5. The number of amides is 1. The number of aromatic nitrogens is 2. The van der Waals surface area contributed by atoms with Crippen molar-refractivity contribution in [2.75, 3.05) is 23.4 Å². The summed E-state index contributed by atoms with van der Waals surface area (Å²) in [5.41, 5.74) is 0.733. The molecule has 1 aromatic rings. The van der Waals surface area contributed by atoms with Gasteiger partial charge < -0.3 is 5.32 Å². The molecular weight excluding hydrogens is 272 g/mol. The number of nitrogens with one attached hydrogen (secondary N) is 2. The summed E-state index contributed by atoms with van der Waals surface area (Å²) < 4.78 is 0. The van der Waals surface area contributed by atoms with Crippen molar-refractivity contribution in [3.05, 3.63) is 16.9 Å². The molecule has 1 saturated heterocycles. The lowest BCUT2D eigenvalue weighted by Gasteiger charge is -2.22. The van der Waals surface area contributed by atoms with Crippen LogP contribution in [0.25, 0.3) is 0 Å². The summed E-state index contributed by atoms with van der Waals surface area (Å²) in [5, 5.41) is 6.32. The summed E-state index contributed by atoms with van der Waals surface area (Å²) in [6.45, 7) is 2.76. The Morgan fingerprint density at radius 2 is 2.50 bits per heavy atom. The van der Waals surface area contributed by atoms with E-state index in [2.05, 4.69) is 20.6 Å². The second-order valence-corrected chi connectivity index (χ2v) is 5.67. The van der Waals surface area contributed by atoms with E-state index in [1.807, 2.05) is 18.7 Å². The molecule has 1 amide bonds. The minimum Gasteiger partial charge on any atom is -0.312 e. The number of nitrogens with zero attached hydrogens (tertiary/aromatic N) is 2. The molecule has 0 saturated carbocycles. The van der Waals surface area contributed by atoms with Crippen LogP contribution in [-0.2, 0) is 4.79 Å². The maximum Gasteiger partial charge on any atom is 0.231 e. The van der Waals surface area contributed by atoms with E-state index in [9.17, 15) is 4.79 Å². The van der Waals surface area contributed by atoms with Gasteiger partial charge in [0.1, 0.15) is 5.15 Å². The Balaban J connectivity index is 1.89. The van der Waals surface area contributed by atoms with Gasteiger partial charge in [0.25, 0.3) is 0 Å². The standard InChI is InChI=1S/C11H15ClN4OS/c1-7-4-9(12)15-11(14-7)16-10(17)5-8-6-18-3-2-13-8/h4,8,13H,2-3,5-6H2,1H3,(H,14,15,16,17). The number of anilines is 1. The van der Waals surface area contributed by atoms with E-state index in [1.165, 1.54) is 0 Å². The Bertz CT molecular complexity index is 417. The summed E-state index contributed by atoms with van der Waals surface area (Å²) in [6, 6.07) is 1.88. The first kappa shape index (κ1) is 13.6. The lowest BCUT2D eigenvalue weighted by molar-refractivity contribution is -0.116. The van der Waals surface area contributed by atoms with Crippen molar-refractivity contribution >= 4 is 35.2 Å². The van der Waals surface area contributed by atoms with Crippen LogP contribution in [0.3, 0.4) is 0 Å². The molecule has 0 bridgehead atoms. The zero-order chi connectivity index (χ0) is 13.0. The molecule has 2 heterocycles. The zero-order valence-corrected chi connectivity index (χ0v) is 11.6. The van der Waals surface area contributed by atoms with Gasteiger partial charge in [0.05, 0.1) is 0 Å². The number of thioether (sulfide) groups is 1. The lowest BCUT2D eigenvalue weighted by atomic mass is 10.2. The van der Waals surface area contributed by atoms with Crippen molar-refractivity contribution in [3.63, 3.8) is 0 Å². The predicted molar refractivity (Wildman–Crippen MR) is 74.1 cm³/mol. The van der Waals surface area contributed by atoms with Crippen LogP contribution in [-0.4, -0.2) is 40.0 Å². The fourth-order valence-electron chi connectivity index (χ4n) is 1.74. The van der Waals surface area contributed by atoms with Gasteiger partial charge in [-0.3, -0.25) is 10.1 Å². The number of hydrogen-bond donors (Lipinski definition) is 2. The van der Waals surface area contributed by atoms with E-state index >= 15 is 0 Å². The maximum atomic E-state index is 11.8. The minimum atomic E-state index is -0.0864. The fourth-order valence-corrected chi connectivity index (χ4v) is 2.92. The van der Waals surface area contributed by atoms with Crippen molar-refractivity contribution in [3.8, 4) is 0 Å². The molecule has 98 valence electrons. The van der Waals surface area contributed by atoms with Gasteiger partial charge in [-0.15, -0.1) is 0 Å². The van der Waals surface area contributed by atoms with E-state index in [1.54, 1.807) is 6.07 Å². The summed E-state index contributed by atoms with van der Waals surface area (Å²) >= 11 is 7.67. The van der Waals surface area contributed by atoms with E-state index < -0.39 is 0 Å². The molecule has 1 aliphatic rings. The zero-order valence-electron chi connectivity index (χ0n) is 10.1. The first-order chi connectivity index (χ1) is 8.63. The van der Waals surface area contributed by atoms with E-state index in [4.69, 9.17) is 11.6 Å². The highest BCUT2D eigenvalue weighted by Gasteiger charge is 2.17. The molecule has 1 aliphatic heterocycles. The van der Waals surface area contributed by atoms with Gasteiger partial charge >= 0.3 is 0 Å². The van der Waals surface area contributed by atoms with Crippen molar-refractivity contribution < 1.29 is 4.79 Å². The van der Waals surface area contributed by atoms with Crippen molar-refractivity contribution in [2.24, 2.45) is 0 Å². The average molecular weight is 287 g/mol. The van der Waals surface area contributed by atoms with Crippen LogP contribution in [0.1, 0.15) is 12.1 Å². The molecule has 1 atom stereocenters. The molecule has 5 nitrogen and oxygen atoms in total. The average Bonchev–Trinajstić information content (AvgIpc) is 2.28. The number of aryl methyl sites for hydroxylation is 1.